The molecule has 0 saturated heterocycles. The van der Waals surface area contributed by atoms with Crippen molar-refractivity contribution in [3.63, 3.8) is 0 Å². The zero-order valence-electron chi connectivity index (χ0n) is 13.8. The highest BCUT2D eigenvalue weighted by atomic mass is 32.2. The van der Waals surface area contributed by atoms with E-state index in [4.69, 9.17) is 0 Å². The van der Waals surface area contributed by atoms with Crippen molar-refractivity contribution in [1.82, 2.24) is 15.4 Å². The number of guanidine groups is 1. The summed E-state index contributed by atoms with van der Waals surface area (Å²) in [7, 11) is -0.304. The quantitative estimate of drug-likeness (QED) is 0.544. The lowest BCUT2D eigenvalue weighted by atomic mass is 10.1. The minimum absolute atomic E-state index is 0.257. The fraction of sp³-hybridized carbons (Fsp3) is 0.533. The number of nitrogens with zero attached hydrogens (tertiary/aromatic N) is 1. The topological polar surface area (TPSA) is 82.6 Å². The highest BCUT2D eigenvalue weighted by Crippen LogP contribution is 2.11. The molecule has 7 heteroatoms. The number of aliphatic imine (C=N–C) groups is 1. The van der Waals surface area contributed by atoms with E-state index in [9.17, 15) is 8.42 Å². The smallest absolute Gasteiger partial charge is 0.240 e. The van der Waals surface area contributed by atoms with E-state index in [1.54, 1.807) is 25.2 Å². The zero-order valence-corrected chi connectivity index (χ0v) is 14.7. The van der Waals surface area contributed by atoms with Gasteiger partial charge in [0, 0.05) is 19.6 Å². The summed E-state index contributed by atoms with van der Waals surface area (Å²) in [5, 5.41) is 6.49. The molecule has 0 spiro atoms. The number of nitrogens with one attached hydrogen (secondary N) is 3. The fourth-order valence-electron chi connectivity index (χ4n) is 1.70. The van der Waals surface area contributed by atoms with Gasteiger partial charge in [-0.25, -0.2) is 13.1 Å². The first-order valence-corrected chi connectivity index (χ1v) is 8.78. The van der Waals surface area contributed by atoms with Crippen LogP contribution in [-0.4, -0.2) is 34.5 Å². The average Bonchev–Trinajstić information content (AvgIpc) is 2.51. The van der Waals surface area contributed by atoms with Crippen LogP contribution in [0.15, 0.2) is 34.2 Å². The molecule has 0 heterocycles. The molecule has 1 atom stereocenters. The van der Waals surface area contributed by atoms with Gasteiger partial charge in [0.05, 0.1) is 4.90 Å². The van der Waals surface area contributed by atoms with Crippen molar-refractivity contribution in [1.29, 1.82) is 0 Å². The summed E-state index contributed by atoms with van der Waals surface area (Å²) in [5.41, 5.74) is 0.872. The monoisotopic (exact) mass is 326 g/mol. The number of hydrogen-bond acceptors (Lipinski definition) is 3. The lowest BCUT2D eigenvalue weighted by molar-refractivity contribution is 0.481. The van der Waals surface area contributed by atoms with Gasteiger partial charge in [-0.05, 0) is 37.6 Å². The van der Waals surface area contributed by atoms with E-state index in [2.05, 4.69) is 41.1 Å². The van der Waals surface area contributed by atoms with E-state index in [-0.39, 0.29) is 4.90 Å². The molecule has 0 radical (unpaired) electrons. The molecule has 0 aliphatic rings. The van der Waals surface area contributed by atoms with Gasteiger partial charge >= 0.3 is 0 Å². The van der Waals surface area contributed by atoms with E-state index < -0.39 is 10.0 Å². The van der Waals surface area contributed by atoms with Crippen LogP contribution in [0.25, 0.3) is 0 Å². The molecule has 0 aliphatic heterocycles. The normalized spacial score (nSPS) is 14.0. The average molecular weight is 326 g/mol. The first-order chi connectivity index (χ1) is 10.3. The Morgan fingerprint density at radius 2 is 1.95 bits per heavy atom. The third kappa shape index (κ3) is 5.31. The van der Waals surface area contributed by atoms with E-state index in [0.717, 1.165) is 5.56 Å². The van der Waals surface area contributed by atoms with Gasteiger partial charge in [0.15, 0.2) is 5.96 Å². The predicted octanol–water partition coefficient (Wildman–Crippen LogP) is 1.30. The van der Waals surface area contributed by atoms with Gasteiger partial charge < -0.3 is 10.6 Å². The van der Waals surface area contributed by atoms with Crippen molar-refractivity contribution in [3.8, 4) is 0 Å². The van der Waals surface area contributed by atoms with Crippen LogP contribution in [0, 0.1) is 5.92 Å². The van der Waals surface area contributed by atoms with Gasteiger partial charge in [-0.1, -0.05) is 26.0 Å². The van der Waals surface area contributed by atoms with Crippen molar-refractivity contribution in [2.75, 3.05) is 14.1 Å². The van der Waals surface area contributed by atoms with Crippen LogP contribution in [0.5, 0.6) is 0 Å². The molecule has 6 nitrogen and oxygen atoms in total. The molecule has 0 bridgehead atoms. The second-order valence-electron chi connectivity index (χ2n) is 5.46. The maximum Gasteiger partial charge on any atom is 0.240 e. The largest absolute Gasteiger partial charge is 0.354 e. The third-order valence-electron chi connectivity index (χ3n) is 3.53. The standard InChI is InChI=1S/C15H26N4O2S/c1-11(2)12(3)19-15(16-4)18-10-13-7-6-8-14(9-13)22(20,21)17-5/h6-9,11-12,17H,10H2,1-5H3,(H2,16,18,19). The molecule has 1 rings (SSSR count). The van der Waals surface area contributed by atoms with Crippen molar-refractivity contribution >= 4 is 16.0 Å². The van der Waals surface area contributed by atoms with Gasteiger partial charge in [0.1, 0.15) is 0 Å². The minimum Gasteiger partial charge on any atom is -0.354 e. The Balaban J connectivity index is 2.74. The fourth-order valence-corrected chi connectivity index (χ4v) is 2.50. The van der Waals surface area contributed by atoms with Gasteiger partial charge in [-0.3, -0.25) is 4.99 Å². The van der Waals surface area contributed by atoms with Gasteiger partial charge in [0.25, 0.3) is 0 Å². The molecule has 3 N–H and O–H groups in total. The molecule has 0 saturated carbocycles. The molecule has 0 aliphatic carbocycles. The summed E-state index contributed by atoms with van der Waals surface area (Å²) in [4.78, 5) is 4.43. The van der Waals surface area contributed by atoms with Crippen LogP contribution < -0.4 is 15.4 Å². The highest BCUT2D eigenvalue weighted by Gasteiger charge is 2.12. The lowest BCUT2D eigenvalue weighted by Gasteiger charge is -2.20. The highest BCUT2D eigenvalue weighted by molar-refractivity contribution is 7.89. The number of hydrogen-bond donors (Lipinski definition) is 3. The molecule has 0 amide bonds. The second-order valence-corrected chi connectivity index (χ2v) is 7.34. The Labute approximate surface area is 133 Å². The number of rotatable bonds is 6. The molecule has 1 aromatic carbocycles. The van der Waals surface area contributed by atoms with E-state index >= 15 is 0 Å². The summed E-state index contributed by atoms with van der Waals surface area (Å²) in [6.45, 7) is 6.86. The SMILES string of the molecule is CN=C(NCc1cccc(S(=O)(=O)NC)c1)NC(C)C(C)C. The van der Waals surface area contributed by atoms with Gasteiger partial charge in [-0.2, -0.15) is 0 Å². The van der Waals surface area contributed by atoms with Crippen molar-refractivity contribution in [2.45, 2.75) is 38.3 Å². The zero-order chi connectivity index (χ0) is 16.8. The molecule has 124 valence electrons. The first kappa shape index (κ1) is 18.4. The molecule has 22 heavy (non-hydrogen) atoms. The van der Waals surface area contributed by atoms with Crippen LogP contribution in [0.1, 0.15) is 26.3 Å². The van der Waals surface area contributed by atoms with Crippen LogP contribution >= 0.6 is 0 Å². The molecular formula is C15H26N4O2S. The van der Waals surface area contributed by atoms with Crippen LogP contribution in [0.3, 0.4) is 0 Å². The maximum absolute atomic E-state index is 11.8. The second kappa shape index (κ2) is 8.14. The Morgan fingerprint density at radius 3 is 2.50 bits per heavy atom. The summed E-state index contributed by atoms with van der Waals surface area (Å²) in [5.74, 6) is 1.19. The summed E-state index contributed by atoms with van der Waals surface area (Å²) < 4.78 is 25.9. The first-order valence-electron chi connectivity index (χ1n) is 7.29. The summed E-state index contributed by atoms with van der Waals surface area (Å²) in [6, 6.07) is 7.12. The van der Waals surface area contributed by atoms with E-state index in [1.165, 1.54) is 7.05 Å². The Bertz CT molecular complexity index is 612. The Hall–Kier alpha value is -1.60. The molecule has 1 aromatic rings. The summed E-state index contributed by atoms with van der Waals surface area (Å²) in [6.07, 6.45) is 0. The molecular weight excluding hydrogens is 300 g/mol. The van der Waals surface area contributed by atoms with Gasteiger partial charge in [-0.15, -0.1) is 0 Å². The Morgan fingerprint density at radius 1 is 1.27 bits per heavy atom. The van der Waals surface area contributed by atoms with Crippen molar-refractivity contribution in [2.24, 2.45) is 10.9 Å². The molecule has 0 aromatic heterocycles. The van der Waals surface area contributed by atoms with Crippen LogP contribution in [0.2, 0.25) is 0 Å². The predicted molar refractivity (Wildman–Crippen MR) is 90.3 cm³/mol. The van der Waals surface area contributed by atoms with Crippen molar-refractivity contribution < 1.29 is 8.42 Å². The van der Waals surface area contributed by atoms with Crippen LogP contribution in [-0.2, 0) is 16.6 Å². The van der Waals surface area contributed by atoms with Crippen LogP contribution in [0.4, 0.5) is 0 Å². The van der Waals surface area contributed by atoms with E-state index in [1.807, 2.05) is 6.07 Å². The van der Waals surface area contributed by atoms with Crippen molar-refractivity contribution in [3.05, 3.63) is 29.8 Å². The Kier molecular flexibility index (Phi) is 6.83. The third-order valence-corrected chi connectivity index (χ3v) is 4.94. The molecule has 1 unspecified atom stereocenters. The lowest BCUT2D eigenvalue weighted by Crippen LogP contribution is -2.43. The number of benzene rings is 1. The minimum atomic E-state index is -3.42. The van der Waals surface area contributed by atoms with Gasteiger partial charge in [0.2, 0.25) is 10.0 Å². The van der Waals surface area contributed by atoms with E-state index in [0.29, 0.717) is 24.5 Å². The number of sulfonamides is 1. The maximum atomic E-state index is 11.8. The summed E-state index contributed by atoms with van der Waals surface area (Å²) >= 11 is 0. The molecule has 0 fully saturated rings.